The van der Waals surface area contributed by atoms with Crippen LogP contribution in [-0.4, -0.2) is 54.9 Å². The highest BCUT2D eigenvalue weighted by atomic mass is 16.9. The van der Waals surface area contributed by atoms with Gasteiger partial charge in [0.25, 0.3) is 0 Å². The van der Waals surface area contributed by atoms with Gasteiger partial charge in [-0.25, -0.2) is 4.79 Å². The van der Waals surface area contributed by atoms with Gasteiger partial charge < -0.3 is 28.4 Å². The first kappa shape index (κ1) is 21.2. The first-order valence-corrected chi connectivity index (χ1v) is 9.65. The summed E-state index contributed by atoms with van der Waals surface area (Å²) < 4.78 is 35.1. The van der Waals surface area contributed by atoms with E-state index in [1.54, 1.807) is 19.9 Å². The molecule has 3 aliphatic rings. The monoisotopic (exact) mass is 395 g/mol. The van der Waals surface area contributed by atoms with Gasteiger partial charge in [-0.05, 0) is 40.0 Å². The lowest BCUT2D eigenvalue weighted by Crippen LogP contribution is -2.56. The third-order valence-corrected chi connectivity index (χ3v) is 4.76. The number of rotatable bonds is 5. The van der Waals surface area contributed by atoms with Crippen LogP contribution in [0, 0.1) is 17.2 Å². The molecule has 5 atom stereocenters. The zero-order valence-electron chi connectivity index (χ0n) is 17.3. The maximum absolute atomic E-state index is 12.3. The predicted molar refractivity (Wildman–Crippen MR) is 96.6 cm³/mol. The fourth-order valence-corrected chi connectivity index (χ4v) is 3.59. The minimum atomic E-state index is -0.819. The van der Waals surface area contributed by atoms with Gasteiger partial charge in [-0.1, -0.05) is 19.9 Å². The molecular formula is C20H29NO7. The SMILES string of the molecule is CC(C)C/C=C(\C#N)C(=O)OC[C@H]1O[C@@H]2OC(C)(C)O[C@@H]2[C@H]2OC(C)(C)O[C@H]21. The number of esters is 1. The van der Waals surface area contributed by atoms with Crippen LogP contribution in [0.2, 0.25) is 0 Å². The summed E-state index contributed by atoms with van der Waals surface area (Å²) >= 11 is 0. The van der Waals surface area contributed by atoms with E-state index in [-0.39, 0.29) is 12.2 Å². The minimum Gasteiger partial charge on any atom is -0.459 e. The molecule has 28 heavy (non-hydrogen) atoms. The second-order valence-corrected chi connectivity index (χ2v) is 8.67. The molecule has 3 fully saturated rings. The van der Waals surface area contributed by atoms with Crippen molar-refractivity contribution < 1.29 is 33.2 Å². The molecule has 3 aliphatic heterocycles. The molecule has 3 rings (SSSR count). The number of ether oxygens (including phenoxy) is 6. The molecule has 0 unspecified atom stereocenters. The summed E-state index contributed by atoms with van der Waals surface area (Å²) in [6, 6.07) is 1.90. The van der Waals surface area contributed by atoms with Crippen LogP contribution in [0.5, 0.6) is 0 Å². The molecule has 8 heteroatoms. The largest absolute Gasteiger partial charge is 0.459 e. The van der Waals surface area contributed by atoms with Gasteiger partial charge in [0.2, 0.25) is 0 Å². The maximum atomic E-state index is 12.3. The number of nitriles is 1. The molecule has 0 aromatic heterocycles. The molecule has 0 aliphatic carbocycles. The first-order valence-electron chi connectivity index (χ1n) is 9.65. The fourth-order valence-electron chi connectivity index (χ4n) is 3.59. The molecular weight excluding hydrogens is 366 g/mol. The van der Waals surface area contributed by atoms with E-state index < -0.39 is 48.2 Å². The third-order valence-electron chi connectivity index (χ3n) is 4.76. The topological polar surface area (TPSA) is 96.2 Å². The average Bonchev–Trinajstić information content (AvgIpc) is 3.07. The molecule has 3 heterocycles. The van der Waals surface area contributed by atoms with Crippen LogP contribution in [0.15, 0.2) is 11.6 Å². The Morgan fingerprint density at radius 3 is 2.32 bits per heavy atom. The van der Waals surface area contributed by atoms with Crippen molar-refractivity contribution in [2.75, 3.05) is 6.61 Å². The van der Waals surface area contributed by atoms with Crippen molar-refractivity contribution in [2.45, 2.75) is 90.2 Å². The summed E-state index contributed by atoms with van der Waals surface area (Å²) in [5, 5.41) is 9.21. The number of carbonyl (C=O) groups excluding carboxylic acids is 1. The summed E-state index contributed by atoms with van der Waals surface area (Å²) in [7, 11) is 0. The summed E-state index contributed by atoms with van der Waals surface area (Å²) in [5.74, 6) is -1.96. The van der Waals surface area contributed by atoms with E-state index in [9.17, 15) is 10.1 Å². The highest BCUT2D eigenvalue weighted by Gasteiger charge is 2.60. The van der Waals surface area contributed by atoms with E-state index in [0.717, 1.165) is 0 Å². The van der Waals surface area contributed by atoms with Crippen molar-refractivity contribution in [1.29, 1.82) is 5.26 Å². The van der Waals surface area contributed by atoms with Crippen LogP contribution in [0.3, 0.4) is 0 Å². The number of carbonyl (C=O) groups is 1. The lowest BCUT2D eigenvalue weighted by Gasteiger charge is -2.36. The Balaban J connectivity index is 1.69. The van der Waals surface area contributed by atoms with Gasteiger partial charge in [0.15, 0.2) is 17.9 Å². The second kappa shape index (κ2) is 7.73. The van der Waals surface area contributed by atoms with E-state index >= 15 is 0 Å². The summed E-state index contributed by atoms with van der Waals surface area (Å²) in [5.41, 5.74) is -0.00978. The number of nitrogens with zero attached hydrogens (tertiary/aromatic N) is 1. The number of allylic oxidation sites excluding steroid dienone is 1. The van der Waals surface area contributed by atoms with Gasteiger partial charge in [-0.2, -0.15) is 5.26 Å². The van der Waals surface area contributed by atoms with Crippen LogP contribution < -0.4 is 0 Å². The van der Waals surface area contributed by atoms with Crippen molar-refractivity contribution in [3.05, 3.63) is 11.6 Å². The van der Waals surface area contributed by atoms with Gasteiger partial charge >= 0.3 is 5.97 Å². The molecule has 0 aromatic rings. The van der Waals surface area contributed by atoms with Gasteiger partial charge in [-0.15, -0.1) is 0 Å². The van der Waals surface area contributed by atoms with Gasteiger partial charge in [0, 0.05) is 0 Å². The molecule has 8 nitrogen and oxygen atoms in total. The zero-order valence-corrected chi connectivity index (χ0v) is 17.3. The molecule has 3 saturated heterocycles. The normalized spacial score (nSPS) is 35.9. The molecule has 0 radical (unpaired) electrons. The highest BCUT2D eigenvalue weighted by molar-refractivity contribution is 5.92. The first-order chi connectivity index (χ1) is 13.0. The molecule has 0 N–H and O–H groups in total. The van der Waals surface area contributed by atoms with E-state index in [4.69, 9.17) is 28.4 Å². The zero-order chi connectivity index (χ0) is 20.7. The van der Waals surface area contributed by atoms with E-state index in [1.165, 1.54) is 0 Å². The number of hydrogen-bond acceptors (Lipinski definition) is 8. The summed E-state index contributed by atoms with van der Waals surface area (Å²) in [6.45, 7) is 11.2. The maximum Gasteiger partial charge on any atom is 0.348 e. The van der Waals surface area contributed by atoms with Crippen molar-refractivity contribution >= 4 is 5.97 Å². The summed E-state index contributed by atoms with van der Waals surface area (Å²) in [6.07, 6.45) is -0.351. The fraction of sp³-hybridized carbons (Fsp3) is 0.800. The van der Waals surface area contributed by atoms with Crippen LogP contribution in [0.1, 0.15) is 48.0 Å². The second-order valence-electron chi connectivity index (χ2n) is 8.67. The molecule has 0 spiro atoms. The standard InChI is InChI=1S/C20H29NO7/c1-11(2)7-8-12(9-21)17(22)23-10-13-14-15(26-19(3,4)25-14)16-18(24-13)28-20(5,6)27-16/h8,11,13-16,18H,7,10H2,1-6H3/b12-8+/t13-,14+,15+,16-,18-/m1/s1. The number of fused-ring (bicyclic) bond motifs is 3. The average molecular weight is 395 g/mol. The highest BCUT2D eigenvalue weighted by Crippen LogP contribution is 2.44. The van der Waals surface area contributed by atoms with Gasteiger partial charge in [0.05, 0.1) is 0 Å². The smallest absolute Gasteiger partial charge is 0.348 e. The third kappa shape index (κ3) is 4.56. The lowest BCUT2D eigenvalue weighted by atomic mass is 9.99. The van der Waals surface area contributed by atoms with Gasteiger partial charge in [0.1, 0.15) is 42.7 Å². The Morgan fingerprint density at radius 2 is 1.68 bits per heavy atom. The van der Waals surface area contributed by atoms with Crippen molar-refractivity contribution in [3.8, 4) is 6.07 Å². The Kier molecular flexibility index (Phi) is 5.86. The van der Waals surface area contributed by atoms with Crippen LogP contribution in [-0.2, 0) is 33.2 Å². The van der Waals surface area contributed by atoms with Crippen molar-refractivity contribution in [2.24, 2.45) is 5.92 Å². The Hall–Kier alpha value is -1.50. The molecule has 0 aromatic carbocycles. The predicted octanol–water partition coefficient (Wildman–Crippen LogP) is 2.42. The van der Waals surface area contributed by atoms with Gasteiger partial charge in [-0.3, -0.25) is 0 Å². The Morgan fingerprint density at radius 1 is 1.07 bits per heavy atom. The summed E-state index contributed by atoms with van der Waals surface area (Å²) in [4.78, 5) is 12.3. The lowest BCUT2D eigenvalue weighted by molar-refractivity contribution is -0.242. The minimum absolute atomic E-state index is 0.00978. The van der Waals surface area contributed by atoms with E-state index in [1.807, 2.05) is 33.8 Å². The number of hydrogen-bond donors (Lipinski definition) is 0. The molecule has 0 amide bonds. The van der Waals surface area contributed by atoms with Crippen LogP contribution >= 0.6 is 0 Å². The Labute approximate surface area is 165 Å². The molecule has 0 bridgehead atoms. The Bertz CT molecular complexity index is 679. The van der Waals surface area contributed by atoms with Crippen LogP contribution in [0.25, 0.3) is 0 Å². The quantitative estimate of drug-likeness (QED) is 0.398. The van der Waals surface area contributed by atoms with Crippen LogP contribution in [0.4, 0.5) is 0 Å². The molecule has 0 saturated carbocycles. The van der Waals surface area contributed by atoms with Crippen molar-refractivity contribution in [3.63, 3.8) is 0 Å². The molecule has 156 valence electrons. The van der Waals surface area contributed by atoms with E-state index in [2.05, 4.69) is 0 Å². The van der Waals surface area contributed by atoms with Crippen molar-refractivity contribution in [1.82, 2.24) is 0 Å². The van der Waals surface area contributed by atoms with E-state index in [0.29, 0.717) is 12.3 Å².